The molecule has 0 amide bonds. The number of hydrogen-bond acceptors (Lipinski definition) is 3. The van der Waals surface area contributed by atoms with Gasteiger partial charge in [-0.05, 0) is 44.5 Å². The Labute approximate surface area is 115 Å². The Morgan fingerprint density at radius 2 is 1.79 bits per heavy atom. The van der Waals surface area contributed by atoms with E-state index in [0.717, 1.165) is 12.2 Å². The summed E-state index contributed by atoms with van der Waals surface area (Å²) in [7, 11) is 0. The van der Waals surface area contributed by atoms with Gasteiger partial charge in [-0.3, -0.25) is 4.79 Å². The van der Waals surface area contributed by atoms with E-state index < -0.39 is 5.60 Å². The number of aliphatic hydroxyl groups is 1. The number of ether oxygens (including phenoxy) is 1. The highest BCUT2D eigenvalue weighted by atomic mass is 16.5. The lowest BCUT2D eigenvalue weighted by atomic mass is 9.97. The summed E-state index contributed by atoms with van der Waals surface area (Å²) >= 11 is 0. The maximum absolute atomic E-state index is 11.8. The van der Waals surface area contributed by atoms with Crippen molar-refractivity contribution in [3.8, 4) is 5.75 Å². The fourth-order valence-corrected chi connectivity index (χ4v) is 1.77. The van der Waals surface area contributed by atoms with Crippen LogP contribution in [0.2, 0.25) is 0 Å². The predicted octanol–water partition coefficient (Wildman–Crippen LogP) is 3.60. The average Bonchev–Trinajstić information content (AvgIpc) is 2.37. The first-order valence-electron chi connectivity index (χ1n) is 6.95. The van der Waals surface area contributed by atoms with Crippen LogP contribution in [0.25, 0.3) is 0 Å². The largest absolute Gasteiger partial charge is 0.494 e. The van der Waals surface area contributed by atoms with Crippen LogP contribution in [0, 0.1) is 0 Å². The lowest BCUT2D eigenvalue weighted by Crippen LogP contribution is -2.30. The zero-order valence-corrected chi connectivity index (χ0v) is 12.1. The summed E-state index contributed by atoms with van der Waals surface area (Å²) in [6.07, 6.45) is 4.69. The Morgan fingerprint density at radius 3 is 2.32 bits per heavy atom. The van der Waals surface area contributed by atoms with Crippen molar-refractivity contribution in [2.45, 2.75) is 52.1 Å². The van der Waals surface area contributed by atoms with E-state index in [2.05, 4.69) is 6.92 Å². The van der Waals surface area contributed by atoms with E-state index in [1.165, 1.54) is 33.1 Å². The highest BCUT2D eigenvalue weighted by Crippen LogP contribution is 2.17. The van der Waals surface area contributed by atoms with Gasteiger partial charge in [-0.15, -0.1) is 0 Å². The molecule has 0 saturated carbocycles. The Balaban J connectivity index is 2.46. The quantitative estimate of drug-likeness (QED) is 0.576. The van der Waals surface area contributed by atoms with Gasteiger partial charge in [0, 0.05) is 5.56 Å². The summed E-state index contributed by atoms with van der Waals surface area (Å²) < 4.78 is 5.60. The standard InChI is InChI=1S/C16H24O3/c1-4-5-6-7-12-19-14-10-8-13(9-11-14)15(17)16(2,3)18/h8-11,18H,4-7,12H2,1-3H3. The smallest absolute Gasteiger partial charge is 0.193 e. The van der Waals surface area contributed by atoms with E-state index in [0.29, 0.717) is 12.2 Å². The van der Waals surface area contributed by atoms with Gasteiger partial charge in [-0.25, -0.2) is 0 Å². The lowest BCUT2D eigenvalue weighted by molar-refractivity contribution is 0.0488. The van der Waals surface area contributed by atoms with Gasteiger partial charge in [0.1, 0.15) is 11.4 Å². The third-order valence-electron chi connectivity index (χ3n) is 2.94. The molecule has 1 N–H and O–H groups in total. The number of carbonyl (C=O) groups is 1. The summed E-state index contributed by atoms with van der Waals surface area (Å²) in [5.41, 5.74) is -0.825. The van der Waals surface area contributed by atoms with Crippen molar-refractivity contribution in [3.05, 3.63) is 29.8 Å². The van der Waals surface area contributed by atoms with Crippen molar-refractivity contribution >= 4 is 5.78 Å². The fourth-order valence-electron chi connectivity index (χ4n) is 1.77. The maximum atomic E-state index is 11.8. The molecule has 0 atom stereocenters. The normalized spacial score (nSPS) is 11.4. The second kappa shape index (κ2) is 7.29. The second-order valence-electron chi connectivity index (χ2n) is 5.32. The summed E-state index contributed by atoms with van der Waals surface area (Å²) in [6.45, 7) is 5.87. The summed E-state index contributed by atoms with van der Waals surface area (Å²) in [6, 6.07) is 6.95. The van der Waals surface area contributed by atoms with Gasteiger partial charge in [-0.1, -0.05) is 26.2 Å². The lowest BCUT2D eigenvalue weighted by Gasteiger charge is -2.15. The SMILES string of the molecule is CCCCCCOc1ccc(C(=O)C(C)(C)O)cc1. The number of unbranched alkanes of at least 4 members (excludes halogenated alkanes) is 3. The first kappa shape index (κ1) is 15.7. The topological polar surface area (TPSA) is 46.5 Å². The minimum absolute atomic E-state index is 0.276. The molecule has 1 aromatic rings. The third kappa shape index (κ3) is 5.43. The summed E-state index contributed by atoms with van der Waals surface area (Å²) in [5, 5.41) is 9.65. The van der Waals surface area contributed by atoms with Crippen LogP contribution in [0.1, 0.15) is 56.8 Å². The molecule has 19 heavy (non-hydrogen) atoms. The van der Waals surface area contributed by atoms with Crippen molar-refractivity contribution in [1.29, 1.82) is 0 Å². The average molecular weight is 264 g/mol. The molecule has 0 unspecified atom stereocenters. The highest BCUT2D eigenvalue weighted by Gasteiger charge is 2.24. The molecule has 3 nitrogen and oxygen atoms in total. The van der Waals surface area contributed by atoms with Gasteiger partial charge in [0.15, 0.2) is 5.78 Å². The van der Waals surface area contributed by atoms with Gasteiger partial charge >= 0.3 is 0 Å². The number of rotatable bonds is 8. The number of hydrogen-bond donors (Lipinski definition) is 1. The molecule has 0 aliphatic rings. The number of carbonyl (C=O) groups excluding carboxylic acids is 1. The van der Waals surface area contributed by atoms with Gasteiger partial charge in [-0.2, -0.15) is 0 Å². The number of benzene rings is 1. The molecule has 1 aromatic carbocycles. The first-order valence-corrected chi connectivity index (χ1v) is 6.95. The molecule has 0 saturated heterocycles. The molecule has 0 aliphatic heterocycles. The van der Waals surface area contributed by atoms with Crippen molar-refractivity contribution in [2.75, 3.05) is 6.61 Å². The van der Waals surface area contributed by atoms with Gasteiger partial charge in [0.2, 0.25) is 0 Å². The molecule has 0 radical (unpaired) electrons. The fraction of sp³-hybridized carbons (Fsp3) is 0.562. The zero-order valence-electron chi connectivity index (χ0n) is 12.1. The molecule has 0 heterocycles. The van der Waals surface area contributed by atoms with E-state index in [-0.39, 0.29) is 5.78 Å². The molecule has 0 bridgehead atoms. The molecular weight excluding hydrogens is 240 g/mol. The molecule has 1 rings (SSSR count). The molecule has 0 spiro atoms. The molecule has 0 aromatic heterocycles. The van der Waals surface area contributed by atoms with Gasteiger partial charge in [0.25, 0.3) is 0 Å². The second-order valence-corrected chi connectivity index (χ2v) is 5.32. The van der Waals surface area contributed by atoms with Crippen LogP contribution < -0.4 is 4.74 Å². The van der Waals surface area contributed by atoms with E-state index in [1.807, 2.05) is 0 Å². The van der Waals surface area contributed by atoms with Crippen LogP contribution in [-0.4, -0.2) is 23.1 Å². The first-order chi connectivity index (χ1) is 8.95. The number of Topliss-reactive ketones (excluding diaryl/α,β-unsaturated/α-hetero) is 1. The molecule has 0 fully saturated rings. The Kier molecular flexibility index (Phi) is 6.03. The Bertz CT molecular complexity index is 387. The maximum Gasteiger partial charge on any atom is 0.193 e. The molecule has 0 aliphatic carbocycles. The van der Waals surface area contributed by atoms with Crippen LogP contribution in [0.15, 0.2) is 24.3 Å². The summed E-state index contributed by atoms with van der Waals surface area (Å²) in [4.78, 5) is 11.8. The summed E-state index contributed by atoms with van der Waals surface area (Å²) in [5.74, 6) is 0.491. The Hall–Kier alpha value is -1.35. The molecule has 106 valence electrons. The minimum Gasteiger partial charge on any atom is -0.494 e. The van der Waals surface area contributed by atoms with E-state index in [9.17, 15) is 9.90 Å². The number of ketones is 1. The van der Waals surface area contributed by atoms with Crippen LogP contribution in [0.3, 0.4) is 0 Å². The van der Waals surface area contributed by atoms with E-state index in [1.54, 1.807) is 24.3 Å². The van der Waals surface area contributed by atoms with E-state index >= 15 is 0 Å². The minimum atomic E-state index is -1.33. The van der Waals surface area contributed by atoms with Crippen molar-refractivity contribution in [1.82, 2.24) is 0 Å². The van der Waals surface area contributed by atoms with Crippen molar-refractivity contribution in [3.63, 3.8) is 0 Å². The van der Waals surface area contributed by atoms with E-state index in [4.69, 9.17) is 4.74 Å². The van der Waals surface area contributed by atoms with Crippen LogP contribution in [-0.2, 0) is 0 Å². The van der Waals surface area contributed by atoms with Crippen molar-refractivity contribution < 1.29 is 14.6 Å². The molecular formula is C16H24O3. The van der Waals surface area contributed by atoms with Crippen LogP contribution in [0.4, 0.5) is 0 Å². The third-order valence-corrected chi connectivity index (χ3v) is 2.94. The zero-order chi connectivity index (χ0) is 14.3. The van der Waals surface area contributed by atoms with Crippen LogP contribution in [0.5, 0.6) is 5.75 Å². The highest BCUT2D eigenvalue weighted by molar-refractivity contribution is 6.01. The predicted molar refractivity (Wildman–Crippen MR) is 76.7 cm³/mol. The van der Waals surface area contributed by atoms with Gasteiger partial charge < -0.3 is 9.84 Å². The van der Waals surface area contributed by atoms with Gasteiger partial charge in [0.05, 0.1) is 6.61 Å². The molecule has 3 heteroatoms. The van der Waals surface area contributed by atoms with Crippen molar-refractivity contribution in [2.24, 2.45) is 0 Å². The Morgan fingerprint density at radius 1 is 1.16 bits per heavy atom. The van der Waals surface area contributed by atoms with Crippen LogP contribution >= 0.6 is 0 Å². The monoisotopic (exact) mass is 264 g/mol.